The first-order valence-corrected chi connectivity index (χ1v) is 10.7. The molecule has 33 heavy (non-hydrogen) atoms. The maximum atomic E-state index is 13.8. The number of nitrogens with one attached hydrogen (secondary N) is 2. The number of rotatable bonds is 6. The van der Waals surface area contributed by atoms with Crippen molar-refractivity contribution in [1.29, 1.82) is 0 Å². The van der Waals surface area contributed by atoms with Crippen molar-refractivity contribution in [3.63, 3.8) is 0 Å². The number of anilines is 2. The van der Waals surface area contributed by atoms with Crippen LogP contribution in [0.1, 0.15) is 42.0 Å². The number of benzene rings is 2. The van der Waals surface area contributed by atoms with Crippen molar-refractivity contribution >= 4 is 23.4 Å². The standard InChI is InChI=1S/C24H24F2N4O3/c1-14(2)13-33-24(32)28-16-6-3-5-15(11-16)27-23(31)22-18-7-4-8-21(18)30(29-22)17-9-10-19(25)20(26)12-17/h3,5-6,9-12,14H,4,7-8,13H2,1-2H3,(H,27,31)(H,28,32). The summed E-state index contributed by atoms with van der Waals surface area (Å²) in [4.78, 5) is 24.9. The van der Waals surface area contributed by atoms with Gasteiger partial charge in [-0.1, -0.05) is 19.9 Å². The van der Waals surface area contributed by atoms with Crippen LogP contribution in [0.15, 0.2) is 42.5 Å². The van der Waals surface area contributed by atoms with Crippen molar-refractivity contribution in [2.75, 3.05) is 17.2 Å². The van der Waals surface area contributed by atoms with Crippen LogP contribution in [-0.2, 0) is 17.6 Å². The van der Waals surface area contributed by atoms with Crippen molar-refractivity contribution in [1.82, 2.24) is 9.78 Å². The Kier molecular flexibility index (Phi) is 6.39. The number of carbonyl (C=O) groups is 2. The third kappa shape index (κ3) is 5.02. The van der Waals surface area contributed by atoms with Crippen LogP contribution >= 0.6 is 0 Å². The lowest BCUT2D eigenvalue weighted by atomic mass is 10.2. The molecule has 2 N–H and O–H groups in total. The van der Waals surface area contributed by atoms with Crippen LogP contribution in [0.3, 0.4) is 0 Å². The van der Waals surface area contributed by atoms with Crippen LogP contribution < -0.4 is 10.6 Å². The summed E-state index contributed by atoms with van der Waals surface area (Å²) in [5, 5.41) is 9.83. The number of hydrogen-bond acceptors (Lipinski definition) is 4. The number of fused-ring (bicyclic) bond motifs is 1. The fraction of sp³-hybridized carbons (Fsp3) is 0.292. The Bertz CT molecular complexity index is 1210. The Morgan fingerprint density at radius 2 is 1.82 bits per heavy atom. The number of hydrogen-bond donors (Lipinski definition) is 2. The molecule has 0 radical (unpaired) electrons. The lowest BCUT2D eigenvalue weighted by molar-refractivity contribution is 0.102. The van der Waals surface area contributed by atoms with Gasteiger partial charge in [0.25, 0.3) is 5.91 Å². The van der Waals surface area contributed by atoms with Gasteiger partial charge in [0.1, 0.15) is 0 Å². The molecule has 0 unspecified atom stereocenters. The number of aromatic nitrogens is 2. The van der Waals surface area contributed by atoms with E-state index in [1.165, 1.54) is 10.7 Å². The summed E-state index contributed by atoms with van der Waals surface area (Å²) in [7, 11) is 0. The van der Waals surface area contributed by atoms with E-state index >= 15 is 0 Å². The molecule has 0 atom stereocenters. The highest BCUT2D eigenvalue weighted by Crippen LogP contribution is 2.29. The fourth-order valence-electron chi connectivity index (χ4n) is 3.71. The molecule has 2 aromatic carbocycles. The van der Waals surface area contributed by atoms with Gasteiger partial charge in [-0.3, -0.25) is 10.1 Å². The zero-order valence-corrected chi connectivity index (χ0v) is 18.3. The summed E-state index contributed by atoms with van der Waals surface area (Å²) in [6.45, 7) is 4.18. The van der Waals surface area contributed by atoms with Crippen molar-refractivity contribution < 1.29 is 23.1 Å². The molecular weight excluding hydrogens is 430 g/mol. The summed E-state index contributed by atoms with van der Waals surface area (Å²) in [5.41, 5.74) is 3.15. The van der Waals surface area contributed by atoms with Crippen LogP contribution in [0.4, 0.5) is 25.0 Å². The molecule has 0 saturated heterocycles. The van der Waals surface area contributed by atoms with Crippen LogP contribution in [-0.4, -0.2) is 28.4 Å². The van der Waals surface area contributed by atoms with Gasteiger partial charge in [0.15, 0.2) is 17.3 Å². The van der Waals surface area contributed by atoms with Crippen LogP contribution in [0.25, 0.3) is 5.69 Å². The van der Waals surface area contributed by atoms with E-state index in [4.69, 9.17) is 4.74 Å². The molecule has 0 spiro atoms. The van der Waals surface area contributed by atoms with E-state index in [-0.39, 0.29) is 11.6 Å². The zero-order chi connectivity index (χ0) is 23.5. The summed E-state index contributed by atoms with van der Waals surface area (Å²) >= 11 is 0. The molecule has 1 aromatic heterocycles. The zero-order valence-electron chi connectivity index (χ0n) is 18.3. The summed E-state index contributed by atoms with van der Waals surface area (Å²) in [6, 6.07) is 10.2. The van der Waals surface area contributed by atoms with E-state index in [0.717, 1.165) is 29.8 Å². The smallest absolute Gasteiger partial charge is 0.411 e. The molecule has 1 aliphatic rings. The SMILES string of the molecule is CC(C)COC(=O)Nc1cccc(NC(=O)c2nn(-c3ccc(F)c(F)c3)c3c2CCC3)c1. The number of ether oxygens (including phenoxy) is 1. The van der Waals surface area contributed by atoms with Crippen LogP contribution in [0.5, 0.6) is 0 Å². The Labute approximate surface area is 189 Å². The second kappa shape index (κ2) is 9.40. The second-order valence-corrected chi connectivity index (χ2v) is 8.29. The highest BCUT2D eigenvalue weighted by atomic mass is 19.2. The maximum absolute atomic E-state index is 13.8. The molecule has 0 fully saturated rings. The van der Waals surface area contributed by atoms with Gasteiger partial charge < -0.3 is 10.1 Å². The lowest BCUT2D eigenvalue weighted by Gasteiger charge is -2.10. The summed E-state index contributed by atoms with van der Waals surface area (Å²) in [5.74, 6) is -2.12. The number of amides is 2. The van der Waals surface area contributed by atoms with E-state index in [9.17, 15) is 18.4 Å². The minimum Gasteiger partial charge on any atom is -0.449 e. The third-order valence-electron chi connectivity index (χ3n) is 5.21. The van der Waals surface area contributed by atoms with Crippen molar-refractivity contribution in [3.05, 3.63) is 71.1 Å². The lowest BCUT2D eigenvalue weighted by Crippen LogP contribution is -2.17. The van der Waals surface area contributed by atoms with Crippen LogP contribution in [0.2, 0.25) is 0 Å². The van der Waals surface area contributed by atoms with Crippen molar-refractivity contribution in [3.8, 4) is 5.69 Å². The van der Waals surface area contributed by atoms with Crippen molar-refractivity contribution in [2.45, 2.75) is 33.1 Å². The average molecular weight is 454 g/mol. The highest BCUT2D eigenvalue weighted by Gasteiger charge is 2.27. The predicted octanol–water partition coefficient (Wildman–Crippen LogP) is 5.10. The van der Waals surface area contributed by atoms with E-state index in [2.05, 4.69) is 15.7 Å². The Balaban J connectivity index is 1.53. The largest absolute Gasteiger partial charge is 0.449 e. The molecule has 3 aromatic rings. The molecule has 0 bridgehead atoms. The molecule has 9 heteroatoms. The van der Waals surface area contributed by atoms with Gasteiger partial charge in [-0.05, 0) is 55.5 Å². The number of halogens is 2. The van der Waals surface area contributed by atoms with E-state index in [1.807, 2.05) is 13.8 Å². The van der Waals surface area contributed by atoms with Gasteiger partial charge in [0.05, 0.1) is 12.3 Å². The van der Waals surface area contributed by atoms with Crippen molar-refractivity contribution in [2.24, 2.45) is 5.92 Å². The van der Waals surface area contributed by atoms with Gasteiger partial charge in [-0.2, -0.15) is 5.10 Å². The first-order valence-electron chi connectivity index (χ1n) is 10.7. The Hall–Kier alpha value is -3.75. The summed E-state index contributed by atoms with van der Waals surface area (Å²) in [6.07, 6.45) is 1.63. The molecular formula is C24H24F2N4O3. The fourth-order valence-corrected chi connectivity index (χ4v) is 3.71. The average Bonchev–Trinajstić information content (AvgIpc) is 3.37. The first kappa shape index (κ1) is 22.4. The van der Waals surface area contributed by atoms with Gasteiger partial charge in [0, 0.05) is 28.7 Å². The number of nitrogens with zero attached hydrogens (tertiary/aromatic N) is 2. The topological polar surface area (TPSA) is 85.2 Å². The second-order valence-electron chi connectivity index (χ2n) is 8.29. The minimum absolute atomic E-state index is 0.217. The monoisotopic (exact) mass is 454 g/mol. The molecule has 1 aliphatic carbocycles. The molecule has 0 aliphatic heterocycles. The molecule has 4 rings (SSSR count). The quantitative estimate of drug-likeness (QED) is 0.543. The van der Waals surface area contributed by atoms with Crippen LogP contribution in [0, 0.1) is 17.6 Å². The Morgan fingerprint density at radius 3 is 2.55 bits per heavy atom. The van der Waals surface area contributed by atoms with Gasteiger partial charge in [0.2, 0.25) is 0 Å². The van der Waals surface area contributed by atoms with Gasteiger partial charge >= 0.3 is 6.09 Å². The molecule has 2 amide bonds. The van der Waals surface area contributed by atoms with E-state index in [0.29, 0.717) is 36.5 Å². The molecule has 7 nitrogen and oxygen atoms in total. The maximum Gasteiger partial charge on any atom is 0.411 e. The van der Waals surface area contributed by atoms with Gasteiger partial charge in [-0.15, -0.1) is 0 Å². The normalized spacial score (nSPS) is 12.5. The first-order chi connectivity index (χ1) is 15.8. The third-order valence-corrected chi connectivity index (χ3v) is 5.21. The van der Waals surface area contributed by atoms with E-state index in [1.54, 1.807) is 24.3 Å². The molecule has 172 valence electrons. The Morgan fingerprint density at radius 1 is 1.06 bits per heavy atom. The highest BCUT2D eigenvalue weighted by molar-refractivity contribution is 6.04. The van der Waals surface area contributed by atoms with Gasteiger partial charge in [-0.25, -0.2) is 18.3 Å². The number of carbonyl (C=O) groups excluding carboxylic acids is 2. The molecule has 0 saturated carbocycles. The van der Waals surface area contributed by atoms with E-state index < -0.39 is 23.6 Å². The predicted molar refractivity (Wildman–Crippen MR) is 120 cm³/mol. The molecule has 1 heterocycles. The summed E-state index contributed by atoms with van der Waals surface area (Å²) < 4.78 is 33.7. The minimum atomic E-state index is -0.975.